The Hall–Kier alpha value is -4.58. The van der Waals surface area contributed by atoms with E-state index in [1.165, 1.54) is 34.7 Å². The molecular formula is C46H63B2ClN2O9. The summed E-state index contributed by atoms with van der Waals surface area (Å²) in [6, 6.07) is 23.6. The van der Waals surface area contributed by atoms with Crippen molar-refractivity contribution in [1.82, 2.24) is 5.32 Å². The zero-order chi connectivity index (χ0) is 43.5. The van der Waals surface area contributed by atoms with E-state index in [1.807, 2.05) is 61.5 Å². The van der Waals surface area contributed by atoms with Gasteiger partial charge in [-0.15, -0.1) is 12.4 Å². The van der Waals surface area contributed by atoms with Crippen molar-refractivity contribution in [2.45, 2.75) is 113 Å². The summed E-state index contributed by atoms with van der Waals surface area (Å²) >= 11 is 0. The number of nitrogens with two attached hydrogens (primary N) is 1. The van der Waals surface area contributed by atoms with Crippen molar-refractivity contribution < 1.29 is 43.3 Å². The molecular weight excluding hydrogens is 782 g/mol. The second-order valence-electron chi connectivity index (χ2n) is 16.5. The SMILES string of the molecule is C.CC(=O)Oc1cc(C)cc(C)c1C(C)(C)C.Cc1cc(C)c(C(C)(C)CC(=O)NCC2OB(O)c3ccccc32)c(C)c1.Cl.NCC1OB(O)c2ccccc21.O=C=O. The molecule has 0 aromatic heterocycles. The number of ether oxygens (including phenoxy) is 1. The number of carbonyl (C=O) groups excluding carboxylic acids is 4. The molecule has 0 saturated carbocycles. The van der Waals surface area contributed by atoms with Crippen molar-refractivity contribution in [3.63, 3.8) is 0 Å². The van der Waals surface area contributed by atoms with Crippen LogP contribution in [0.5, 0.6) is 5.75 Å². The molecule has 0 fully saturated rings. The summed E-state index contributed by atoms with van der Waals surface area (Å²) in [4.78, 5) is 40.0. The van der Waals surface area contributed by atoms with E-state index in [1.54, 1.807) is 0 Å². The van der Waals surface area contributed by atoms with Gasteiger partial charge in [0.15, 0.2) is 0 Å². The van der Waals surface area contributed by atoms with Gasteiger partial charge in [-0.25, -0.2) is 0 Å². The van der Waals surface area contributed by atoms with Gasteiger partial charge in [0, 0.05) is 32.0 Å². The van der Waals surface area contributed by atoms with Crippen LogP contribution in [0.25, 0.3) is 0 Å². The van der Waals surface area contributed by atoms with E-state index in [0.29, 0.717) is 25.3 Å². The van der Waals surface area contributed by atoms with Crippen molar-refractivity contribution >= 4 is 55.6 Å². The van der Waals surface area contributed by atoms with Crippen LogP contribution >= 0.6 is 12.4 Å². The minimum absolute atomic E-state index is 0. The van der Waals surface area contributed by atoms with Crippen LogP contribution in [0.15, 0.2) is 72.8 Å². The number of fused-ring (bicyclic) bond motifs is 2. The van der Waals surface area contributed by atoms with Gasteiger partial charge in [-0.1, -0.05) is 114 Å². The fourth-order valence-electron chi connectivity index (χ4n) is 8.13. The normalized spacial score (nSPS) is 14.8. The van der Waals surface area contributed by atoms with Gasteiger partial charge in [0.05, 0.1) is 12.2 Å². The number of carbonyl (C=O) groups is 2. The van der Waals surface area contributed by atoms with Crippen LogP contribution in [0.4, 0.5) is 0 Å². The first kappa shape index (κ1) is 53.4. The summed E-state index contributed by atoms with van der Waals surface area (Å²) in [5, 5.41) is 22.4. The van der Waals surface area contributed by atoms with E-state index in [9.17, 15) is 19.6 Å². The number of benzene rings is 4. The van der Waals surface area contributed by atoms with Crippen molar-refractivity contribution in [1.29, 1.82) is 0 Å². The Bertz CT molecular complexity index is 2080. The van der Waals surface area contributed by atoms with Gasteiger partial charge >= 0.3 is 26.4 Å². The average Bonchev–Trinajstić information content (AvgIpc) is 3.61. The standard InChI is InChI=1S/C22H28BNO3.C14H20O2.C8H10BNO2.CO2.CH4.ClH/c1-14-10-15(2)21(16(3)11-14)22(4,5)12-20(25)24-13-19-17-8-6-7-9-18(17)23(26)27-19;1-9-7-10(2)13(14(4,5)6)12(8-9)16-11(3)15;10-5-8-6-3-1-2-4-7(6)9(11)12-8;2-1-3;;/h6-11,19,26H,12-13H2,1-5H3,(H,24,25);7-8H,1-6H3;1-4,8,11H,5,10H2;;1H4;1H. The fraction of sp³-hybridized carbons (Fsp3) is 0.413. The Morgan fingerprint density at radius 2 is 1.18 bits per heavy atom. The van der Waals surface area contributed by atoms with Crippen LogP contribution in [0, 0.1) is 34.6 Å². The molecule has 2 heterocycles. The molecule has 6 rings (SSSR count). The predicted octanol–water partition coefficient (Wildman–Crippen LogP) is 6.26. The molecule has 11 nitrogen and oxygen atoms in total. The molecule has 0 saturated heterocycles. The molecule has 5 N–H and O–H groups in total. The van der Waals surface area contributed by atoms with E-state index >= 15 is 0 Å². The van der Waals surface area contributed by atoms with E-state index in [-0.39, 0.29) is 60.9 Å². The number of amides is 1. The number of halogens is 1. The van der Waals surface area contributed by atoms with Crippen molar-refractivity contribution in [2.75, 3.05) is 13.1 Å². The number of hydrogen-bond acceptors (Lipinski definition) is 10. The Kier molecular flexibility index (Phi) is 20.9. The zero-order valence-corrected chi connectivity index (χ0v) is 36.9. The highest BCUT2D eigenvalue weighted by atomic mass is 35.5. The number of rotatable bonds is 7. The van der Waals surface area contributed by atoms with Crippen LogP contribution < -0.4 is 26.7 Å². The van der Waals surface area contributed by atoms with E-state index in [0.717, 1.165) is 33.2 Å². The maximum absolute atomic E-state index is 12.6. The number of esters is 1. The molecule has 60 heavy (non-hydrogen) atoms. The summed E-state index contributed by atoms with van der Waals surface area (Å²) in [5.41, 5.74) is 17.1. The lowest BCUT2D eigenvalue weighted by molar-refractivity contribution is -0.191. The van der Waals surface area contributed by atoms with Gasteiger partial charge in [-0.2, -0.15) is 9.59 Å². The largest absolute Gasteiger partial charge is 0.492 e. The van der Waals surface area contributed by atoms with Gasteiger partial charge in [0.25, 0.3) is 0 Å². The number of hydrogen-bond donors (Lipinski definition) is 4. The fourth-order valence-corrected chi connectivity index (χ4v) is 8.13. The molecule has 4 aromatic carbocycles. The van der Waals surface area contributed by atoms with Gasteiger partial charge in [0.2, 0.25) is 5.91 Å². The second kappa shape index (κ2) is 23.4. The monoisotopic (exact) mass is 844 g/mol. The van der Waals surface area contributed by atoms with Crippen LogP contribution in [0.3, 0.4) is 0 Å². The van der Waals surface area contributed by atoms with E-state index < -0.39 is 14.2 Å². The van der Waals surface area contributed by atoms with Crippen molar-refractivity contribution in [3.8, 4) is 5.75 Å². The Morgan fingerprint density at radius 3 is 1.63 bits per heavy atom. The highest BCUT2D eigenvalue weighted by molar-refractivity contribution is 6.62. The Labute approximate surface area is 363 Å². The molecule has 0 aliphatic carbocycles. The van der Waals surface area contributed by atoms with Crippen LogP contribution in [-0.2, 0) is 39.3 Å². The topological polar surface area (TPSA) is 174 Å². The van der Waals surface area contributed by atoms with Crippen LogP contribution in [0.1, 0.15) is 118 Å². The average molecular weight is 845 g/mol. The number of aryl methyl sites for hydroxylation is 5. The molecule has 0 radical (unpaired) electrons. The summed E-state index contributed by atoms with van der Waals surface area (Å²) in [6.45, 7) is 23.2. The first-order chi connectivity index (χ1) is 27.1. The molecule has 4 aromatic rings. The second-order valence-corrected chi connectivity index (χ2v) is 16.5. The highest BCUT2D eigenvalue weighted by Gasteiger charge is 2.36. The molecule has 1 amide bonds. The summed E-state index contributed by atoms with van der Waals surface area (Å²) < 4.78 is 16.1. The third-order valence-corrected chi connectivity index (χ3v) is 9.91. The summed E-state index contributed by atoms with van der Waals surface area (Å²) in [5.74, 6) is 0.412. The Morgan fingerprint density at radius 1 is 0.767 bits per heavy atom. The van der Waals surface area contributed by atoms with Crippen LogP contribution in [-0.4, -0.2) is 55.4 Å². The molecule has 2 aliphatic rings. The van der Waals surface area contributed by atoms with E-state index in [4.69, 9.17) is 29.4 Å². The first-order valence-corrected chi connectivity index (χ1v) is 19.3. The Balaban J connectivity index is 0.000000465. The summed E-state index contributed by atoms with van der Waals surface area (Å²) in [7, 11) is -1.72. The highest BCUT2D eigenvalue weighted by Crippen LogP contribution is 2.36. The molecule has 0 bridgehead atoms. The molecule has 0 spiro atoms. The lowest BCUT2D eigenvalue weighted by Crippen LogP contribution is -2.34. The predicted molar refractivity (Wildman–Crippen MR) is 241 cm³/mol. The lowest BCUT2D eigenvalue weighted by atomic mass is 9.76. The third kappa shape index (κ3) is 14.3. The van der Waals surface area contributed by atoms with Crippen molar-refractivity contribution in [3.05, 3.63) is 123 Å². The molecule has 2 unspecified atom stereocenters. The van der Waals surface area contributed by atoms with Crippen molar-refractivity contribution in [2.24, 2.45) is 5.73 Å². The van der Waals surface area contributed by atoms with Crippen LogP contribution in [0.2, 0.25) is 0 Å². The van der Waals surface area contributed by atoms with E-state index in [2.05, 4.69) is 85.8 Å². The molecule has 2 aliphatic heterocycles. The molecule has 14 heteroatoms. The quantitative estimate of drug-likeness (QED) is 0.0945. The maximum Gasteiger partial charge on any atom is 0.492 e. The zero-order valence-electron chi connectivity index (χ0n) is 36.1. The first-order valence-electron chi connectivity index (χ1n) is 19.3. The molecule has 2 atom stereocenters. The van der Waals surface area contributed by atoms with Gasteiger partial charge in [-0.3, -0.25) is 9.59 Å². The third-order valence-electron chi connectivity index (χ3n) is 9.91. The minimum atomic E-state index is -0.919. The van der Waals surface area contributed by atoms with Gasteiger partial charge in [-0.05, 0) is 101 Å². The molecule has 324 valence electrons. The number of nitrogens with one attached hydrogen (secondary N) is 1. The van der Waals surface area contributed by atoms with Gasteiger partial charge in [0.1, 0.15) is 5.75 Å². The minimum Gasteiger partial charge on any atom is -0.426 e. The maximum atomic E-state index is 12.6. The smallest absolute Gasteiger partial charge is 0.426 e. The van der Waals surface area contributed by atoms with Gasteiger partial charge < -0.3 is 35.1 Å². The lowest BCUT2D eigenvalue weighted by Gasteiger charge is -2.29. The summed E-state index contributed by atoms with van der Waals surface area (Å²) in [6.07, 6.45) is 0.191.